The van der Waals surface area contributed by atoms with E-state index < -0.39 is 5.97 Å². The van der Waals surface area contributed by atoms with Crippen molar-refractivity contribution in [3.8, 4) is 6.07 Å². The number of hydrogen-bond acceptors (Lipinski definition) is 5. The van der Waals surface area contributed by atoms with Gasteiger partial charge in [0.15, 0.2) is 5.82 Å². The van der Waals surface area contributed by atoms with Crippen LogP contribution in [0.2, 0.25) is 0 Å². The first-order valence-electron chi connectivity index (χ1n) is 5.92. The van der Waals surface area contributed by atoms with Gasteiger partial charge in [0.25, 0.3) is 0 Å². The van der Waals surface area contributed by atoms with Gasteiger partial charge in [0, 0.05) is 6.04 Å². The molecule has 1 aliphatic carbocycles. The molecule has 0 aromatic carbocycles. The van der Waals surface area contributed by atoms with Gasteiger partial charge >= 0.3 is 5.97 Å². The molecule has 1 fully saturated rings. The van der Waals surface area contributed by atoms with Crippen molar-refractivity contribution in [3.63, 3.8) is 0 Å². The lowest BCUT2D eigenvalue weighted by atomic mass is 9.86. The number of anilines is 1. The predicted molar refractivity (Wildman–Crippen MR) is 63.8 cm³/mol. The minimum atomic E-state index is -0.717. The Labute approximate surface area is 105 Å². The molecule has 1 heterocycles. The highest BCUT2D eigenvalue weighted by atomic mass is 16.4. The number of nitrogens with one attached hydrogen (secondary N) is 1. The molecule has 1 aliphatic rings. The van der Waals surface area contributed by atoms with E-state index in [0.717, 1.165) is 12.8 Å². The minimum absolute atomic E-state index is 0.171. The van der Waals surface area contributed by atoms with Crippen LogP contribution >= 0.6 is 0 Å². The molecule has 0 atom stereocenters. The van der Waals surface area contributed by atoms with E-state index in [-0.39, 0.29) is 12.0 Å². The zero-order valence-electron chi connectivity index (χ0n) is 9.83. The van der Waals surface area contributed by atoms with Crippen molar-refractivity contribution in [2.45, 2.75) is 31.7 Å². The molecule has 94 valence electrons. The Balaban J connectivity index is 1.96. The summed E-state index contributed by atoms with van der Waals surface area (Å²) in [5, 5.41) is 28.7. The molecule has 18 heavy (non-hydrogen) atoms. The normalized spacial score (nSPS) is 23.1. The highest BCUT2D eigenvalue weighted by molar-refractivity contribution is 5.70. The molecule has 1 aromatic heterocycles. The van der Waals surface area contributed by atoms with Crippen LogP contribution in [0, 0.1) is 17.2 Å². The second kappa shape index (κ2) is 5.45. The van der Waals surface area contributed by atoms with Crippen LogP contribution in [0.5, 0.6) is 0 Å². The molecule has 0 saturated heterocycles. The Morgan fingerprint density at radius 1 is 1.44 bits per heavy atom. The van der Waals surface area contributed by atoms with Crippen LogP contribution in [0.3, 0.4) is 0 Å². The summed E-state index contributed by atoms with van der Waals surface area (Å²) in [6, 6.07) is 3.83. The van der Waals surface area contributed by atoms with Crippen molar-refractivity contribution in [3.05, 3.63) is 17.8 Å². The van der Waals surface area contributed by atoms with Crippen LogP contribution in [-0.2, 0) is 4.79 Å². The van der Waals surface area contributed by atoms with Gasteiger partial charge in [-0.1, -0.05) is 0 Å². The number of nitrogens with zero attached hydrogens (tertiary/aromatic N) is 3. The Hall–Kier alpha value is -2.16. The second-order valence-corrected chi connectivity index (χ2v) is 4.44. The van der Waals surface area contributed by atoms with Gasteiger partial charge in [0.05, 0.1) is 17.7 Å². The van der Waals surface area contributed by atoms with Gasteiger partial charge in [-0.25, -0.2) is 0 Å². The number of nitriles is 1. The Morgan fingerprint density at radius 2 is 2.17 bits per heavy atom. The van der Waals surface area contributed by atoms with Gasteiger partial charge in [-0.2, -0.15) is 10.4 Å². The molecule has 1 saturated carbocycles. The summed E-state index contributed by atoms with van der Waals surface area (Å²) in [7, 11) is 0. The number of rotatable bonds is 3. The number of carboxylic acids is 1. The lowest BCUT2D eigenvalue weighted by Crippen LogP contribution is -2.29. The maximum absolute atomic E-state index is 10.8. The van der Waals surface area contributed by atoms with E-state index in [9.17, 15) is 4.79 Å². The third-order valence-electron chi connectivity index (χ3n) is 3.26. The van der Waals surface area contributed by atoms with E-state index in [1.54, 1.807) is 6.07 Å². The highest BCUT2D eigenvalue weighted by Crippen LogP contribution is 2.26. The Kier molecular flexibility index (Phi) is 3.72. The molecular formula is C12H14N4O2. The van der Waals surface area contributed by atoms with E-state index in [1.165, 1.54) is 6.20 Å². The number of aromatic nitrogens is 2. The Bertz CT molecular complexity index is 475. The van der Waals surface area contributed by atoms with E-state index in [1.807, 2.05) is 0 Å². The van der Waals surface area contributed by atoms with E-state index >= 15 is 0 Å². The minimum Gasteiger partial charge on any atom is -0.481 e. The van der Waals surface area contributed by atoms with Gasteiger partial charge < -0.3 is 10.4 Å². The summed E-state index contributed by atoms with van der Waals surface area (Å²) in [5.41, 5.74) is 0.463. The lowest BCUT2D eigenvalue weighted by molar-refractivity contribution is -0.142. The number of aliphatic carboxylic acids is 1. The smallest absolute Gasteiger partial charge is 0.306 e. The highest BCUT2D eigenvalue weighted by Gasteiger charge is 2.26. The van der Waals surface area contributed by atoms with Crippen molar-refractivity contribution >= 4 is 11.8 Å². The summed E-state index contributed by atoms with van der Waals surface area (Å²) in [6.45, 7) is 0. The fourth-order valence-corrected chi connectivity index (χ4v) is 2.21. The molecule has 2 N–H and O–H groups in total. The molecule has 0 unspecified atom stereocenters. The van der Waals surface area contributed by atoms with Crippen LogP contribution in [-0.4, -0.2) is 27.3 Å². The van der Waals surface area contributed by atoms with Crippen LogP contribution in [0.15, 0.2) is 12.3 Å². The van der Waals surface area contributed by atoms with Crippen molar-refractivity contribution < 1.29 is 9.90 Å². The summed E-state index contributed by atoms with van der Waals surface area (Å²) >= 11 is 0. The van der Waals surface area contributed by atoms with Crippen LogP contribution in [0.25, 0.3) is 0 Å². The van der Waals surface area contributed by atoms with E-state index in [0.29, 0.717) is 24.2 Å². The first kappa shape index (κ1) is 12.3. The average Bonchev–Trinajstić information content (AvgIpc) is 2.40. The standard InChI is InChI=1S/C12H14N4O2/c13-7-9-5-6-14-16-11(9)15-10-3-1-8(2-4-10)12(17)18/h5-6,8,10H,1-4H2,(H,15,16)(H,17,18). The van der Waals surface area contributed by atoms with Crippen molar-refractivity contribution in [2.24, 2.45) is 5.92 Å². The fourth-order valence-electron chi connectivity index (χ4n) is 2.21. The van der Waals surface area contributed by atoms with Gasteiger partial charge in [-0.15, -0.1) is 5.10 Å². The lowest BCUT2D eigenvalue weighted by Gasteiger charge is -2.27. The number of carboxylic acid groups (broad SMARTS) is 1. The first-order chi connectivity index (χ1) is 8.70. The zero-order chi connectivity index (χ0) is 13.0. The van der Waals surface area contributed by atoms with E-state index in [2.05, 4.69) is 21.6 Å². The van der Waals surface area contributed by atoms with Crippen molar-refractivity contribution in [1.82, 2.24) is 10.2 Å². The fraction of sp³-hybridized carbons (Fsp3) is 0.500. The molecular weight excluding hydrogens is 232 g/mol. The van der Waals surface area contributed by atoms with Gasteiger partial charge in [0.1, 0.15) is 6.07 Å². The molecule has 0 amide bonds. The first-order valence-corrected chi connectivity index (χ1v) is 5.92. The van der Waals surface area contributed by atoms with E-state index in [4.69, 9.17) is 10.4 Å². The van der Waals surface area contributed by atoms with Gasteiger partial charge in [0.2, 0.25) is 0 Å². The molecule has 0 bridgehead atoms. The number of hydrogen-bond donors (Lipinski definition) is 2. The molecule has 6 heteroatoms. The van der Waals surface area contributed by atoms with Crippen LogP contribution in [0.1, 0.15) is 31.2 Å². The average molecular weight is 246 g/mol. The quantitative estimate of drug-likeness (QED) is 0.836. The molecule has 6 nitrogen and oxygen atoms in total. The molecule has 1 aromatic rings. The number of carbonyl (C=O) groups is 1. The summed E-state index contributed by atoms with van der Waals surface area (Å²) in [5.74, 6) is -0.468. The largest absolute Gasteiger partial charge is 0.481 e. The monoisotopic (exact) mass is 246 g/mol. The summed E-state index contributed by atoms with van der Waals surface area (Å²) < 4.78 is 0. The third-order valence-corrected chi connectivity index (χ3v) is 3.26. The van der Waals surface area contributed by atoms with Crippen LogP contribution < -0.4 is 5.32 Å². The maximum Gasteiger partial charge on any atom is 0.306 e. The SMILES string of the molecule is N#Cc1ccnnc1NC1CCC(C(=O)O)CC1. The Morgan fingerprint density at radius 3 is 2.78 bits per heavy atom. The predicted octanol–water partition coefficient (Wildman–Crippen LogP) is 1.40. The third kappa shape index (κ3) is 2.74. The van der Waals surface area contributed by atoms with Crippen molar-refractivity contribution in [1.29, 1.82) is 5.26 Å². The van der Waals surface area contributed by atoms with Gasteiger partial charge in [-0.05, 0) is 31.7 Å². The second-order valence-electron chi connectivity index (χ2n) is 4.44. The van der Waals surface area contributed by atoms with Gasteiger partial charge in [-0.3, -0.25) is 4.79 Å². The molecule has 2 rings (SSSR count). The molecule has 0 radical (unpaired) electrons. The van der Waals surface area contributed by atoms with Crippen molar-refractivity contribution in [2.75, 3.05) is 5.32 Å². The molecule has 0 spiro atoms. The topological polar surface area (TPSA) is 98.9 Å². The summed E-state index contributed by atoms with van der Waals surface area (Å²) in [6.07, 6.45) is 4.35. The molecule has 0 aliphatic heterocycles. The maximum atomic E-state index is 10.8. The summed E-state index contributed by atoms with van der Waals surface area (Å²) in [4.78, 5) is 10.8. The zero-order valence-corrected chi connectivity index (χ0v) is 9.83. The van der Waals surface area contributed by atoms with Crippen LogP contribution in [0.4, 0.5) is 5.82 Å².